The lowest BCUT2D eigenvalue weighted by Crippen LogP contribution is -2.51. The van der Waals surface area contributed by atoms with E-state index in [1.165, 1.54) is 5.56 Å². The maximum Gasteiger partial charge on any atom is 0.303 e. The van der Waals surface area contributed by atoms with Crippen molar-refractivity contribution in [3.63, 3.8) is 0 Å². The van der Waals surface area contributed by atoms with Gasteiger partial charge in [-0.3, -0.25) is 4.79 Å². The predicted molar refractivity (Wildman–Crippen MR) is 259 cm³/mol. The molecular weight excluding hydrogens is 765 g/mol. The van der Waals surface area contributed by atoms with Gasteiger partial charge in [0.05, 0.1) is 12.2 Å². The summed E-state index contributed by atoms with van der Waals surface area (Å²) in [5.41, 5.74) is 6.02. The molecule has 1 aliphatic carbocycles. The molecule has 8 heteroatoms. The van der Waals surface area contributed by atoms with Crippen LogP contribution in [0.3, 0.4) is 0 Å². The van der Waals surface area contributed by atoms with E-state index >= 15 is 0 Å². The van der Waals surface area contributed by atoms with Crippen LogP contribution in [-0.2, 0) is 24.5 Å². The highest BCUT2D eigenvalue weighted by molar-refractivity contribution is 6.78. The highest BCUT2D eigenvalue weighted by Gasteiger charge is 2.55. The van der Waals surface area contributed by atoms with Gasteiger partial charge in [0.25, 0.3) is 0 Å². The van der Waals surface area contributed by atoms with Crippen molar-refractivity contribution in [2.75, 3.05) is 0 Å². The van der Waals surface area contributed by atoms with Crippen molar-refractivity contribution < 1.29 is 23.2 Å². The van der Waals surface area contributed by atoms with E-state index in [-0.39, 0.29) is 24.7 Å². The van der Waals surface area contributed by atoms with Gasteiger partial charge >= 0.3 is 5.97 Å². The van der Waals surface area contributed by atoms with Gasteiger partial charge in [0.15, 0.2) is 0 Å². The zero-order valence-corrected chi connectivity index (χ0v) is 44.1. The molecule has 1 saturated carbocycles. The van der Waals surface area contributed by atoms with Crippen LogP contribution >= 0.6 is 0 Å². The molecular formula is C50H94O5Si3. The van der Waals surface area contributed by atoms with Gasteiger partial charge in [-0.1, -0.05) is 167 Å². The molecule has 2 rings (SSSR count). The summed E-state index contributed by atoms with van der Waals surface area (Å²) in [4.78, 5) is 11.3. The standard InChI is InChI=1S/C50H94O5Si3/c1-35(2)56(36(3)4,37(5)6)53-45(31-30-44-26-22-21-23-27-44)32-33-47-46(28-24-19-20-25-29-50(51)52)48(54-57(38(7)8,39(9)10)40(11)12)34-49(47)55-58(41(13)14,42(15)16)43(17)18/h19,21-24,26-27,35-43,45-49H,20,25,28-34H2,1-18H3,(H,51,52)/b24-19-/t45-,46+,47+,48-,49+/m0/s1. The molecule has 336 valence electrons. The summed E-state index contributed by atoms with van der Waals surface area (Å²) in [6.07, 6.45) is 12.8. The van der Waals surface area contributed by atoms with Crippen LogP contribution in [0, 0.1) is 11.8 Å². The molecule has 1 aromatic rings. The van der Waals surface area contributed by atoms with Gasteiger partial charge in [-0.25, -0.2) is 0 Å². The Morgan fingerprint density at radius 2 is 1.05 bits per heavy atom. The number of allylic oxidation sites excluding steroid dienone is 2. The van der Waals surface area contributed by atoms with Crippen LogP contribution in [0.25, 0.3) is 0 Å². The first-order chi connectivity index (χ1) is 27.0. The molecule has 0 bridgehead atoms. The molecule has 0 spiro atoms. The molecule has 0 amide bonds. The number of carboxylic acid groups (broad SMARTS) is 1. The molecule has 0 unspecified atom stereocenters. The van der Waals surface area contributed by atoms with E-state index in [9.17, 15) is 9.90 Å². The van der Waals surface area contributed by atoms with Crippen LogP contribution in [-0.4, -0.2) is 54.3 Å². The lowest BCUT2D eigenvalue weighted by Gasteiger charge is -2.46. The third-order valence-corrected chi connectivity index (χ3v) is 33.3. The lowest BCUT2D eigenvalue weighted by atomic mass is 9.85. The molecule has 1 aliphatic rings. The summed E-state index contributed by atoms with van der Waals surface area (Å²) >= 11 is 0. The third kappa shape index (κ3) is 13.0. The fourth-order valence-electron chi connectivity index (χ4n) is 12.5. The van der Waals surface area contributed by atoms with E-state index in [4.69, 9.17) is 13.3 Å². The van der Waals surface area contributed by atoms with Crippen molar-refractivity contribution in [2.24, 2.45) is 11.8 Å². The van der Waals surface area contributed by atoms with Crippen LogP contribution in [0.5, 0.6) is 0 Å². The van der Waals surface area contributed by atoms with Gasteiger partial charge in [0, 0.05) is 12.5 Å². The summed E-state index contributed by atoms with van der Waals surface area (Å²) in [5, 5.41) is 9.31. The van der Waals surface area contributed by atoms with Crippen LogP contribution in [0.15, 0.2) is 42.5 Å². The minimum absolute atomic E-state index is 0.134. The van der Waals surface area contributed by atoms with Crippen molar-refractivity contribution in [3.05, 3.63) is 48.0 Å². The zero-order valence-electron chi connectivity index (χ0n) is 41.1. The lowest BCUT2D eigenvalue weighted by molar-refractivity contribution is -0.137. The van der Waals surface area contributed by atoms with E-state index in [0.29, 0.717) is 68.1 Å². The van der Waals surface area contributed by atoms with Gasteiger partial charge in [-0.15, -0.1) is 0 Å². The Labute approximate surface area is 363 Å². The van der Waals surface area contributed by atoms with Gasteiger partial charge in [0.1, 0.15) is 0 Å². The predicted octanol–water partition coefficient (Wildman–Crippen LogP) is 15.9. The minimum Gasteiger partial charge on any atom is -0.481 e. The Morgan fingerprint density at radius 1 is 0.621 bits per heavy atom. The molecule has 58 heavy (non-hydrogen) atoms. The molecule has 1 aromatic carbocycles. The monoisotopic (exact) mass is 859 g/mol. The smallest absolute Gasteiger partial charge is 0.303 e. The number of aryl methyl sites for hydroxylation is 1. The Morgan fingerprint density at radius 3 is 1.47 bits per heavy atom. The molecule has 0 aliphatic heterocycles. The average molecular weight is 860 g/mol. The van der Waals surface area contributed by atoms with Gasteiger partial charge in [-0.05, 0) is 119 Å². The SMILES string of the molecule is CC(C)[Si](O[C@@H](CCc1ccccc1)CC[C@@H]1[C@@H](C/C=C\CCCC(=O)O)[C@@H](O[Si](C(C)C)(C(C)C)C(C)C)C[C@H]1O[Si](C(C)C)(C(C)C)C(C)C)(C(C)C)C(C)C. The van der Waals surface area contributed by atoms with Gasteiger partial charge in [-0.2, -0.15) is 0 Å². The molecule has 5 atom stereocenters. The molecule has 1 N–H and O–H groups in total. The molecule has 5 nitrogen and oxygen atoms in total. The Kier molecular flexibility index (Phi) is 22.0. The van der Waals surface area contributed by atoms with Crippen LogP contribution in [0.1, 0.15) is 182 Å². The van der Waals surface area contributed by atoms with E-state index in [0.717, 1.165) is 44.9 Å². The summed E-state index contributed by atoms with van der Waals surface area (Å²) in [7, 11) is -6.57. The van der Waals surface area contributed by atoms with Crippen molar-refractivity contribution >= 4 is 30.9 Å². The highest BCUT2D eigenvalue weighted by atomic mass is 28.4. The van der Waals surface area contributed by atoms with Crippen LogP contribution < -0.4 is 0 Å². The number of aliphatic carboxylic acids is 1. The van der Waals surface area contributed by atoms with Crippen molar-refractivity contribution in [2.45, 2.75) is 251 Å². The molecule has 0 aromatic heterocycles. The number of benzene rings is 1. The van der Waals surface area contributed by atoms with Crippen LogP contribution in [0.2, 0.25) is 49.9 Å². The summed E-state index contributed by atoms with van der Waals surface area (Å²) in [5.74, 6) is -0.0307. The van der Waals surface area contributed by atoms with Crippen molar-refractivity contribution in [1.82, 2.24) is 0 Å². The maximum absolute atomic E-state index is 11.3. The number of unbranched alkanes of at least 4 members (excludes halogenated alkanes) is 1. The fourth-order valence-corrected chi connectivity index (χ4v) is 29.4. The largest absolute Gasteiger partial charge is 0.481 e. The van der Waals surface area contributed by atoms with Crippen molar-refractivity contribution in [3.8, 4) is 0 Å². The Bertz CT molecular complexity index is 1270. The quantitative estimate of drug-likeness (QED) is 0.0542. The number of hydrogen-bond acceptors (Lipinski definition) is 4. The number of carboxylic acids is 1. The fraction of sp³-hybridized carbons (Fsp3) is 0.820. The third-order valence-electron chi connectivity index (χ3n) is 14.9. The normalized spacial score (nSPS) is 20.6. The zero-order chi connectivity index (χ0) is 44.2. The van der Waals surface area contributed by atoms with Crippen molar-refractivity contribution in [1.29, 1.82) is 0 Å². The highest BCUT2D eigenvalue weighted by Crippen LogP contribution is 2.53. The average Bonchev–Trinajstić information content (AvgIpc) is 3.43. The van der Waals surface area contributed by atoms with E-state index < -0.39 is 30.9 Å². The number of hydrogen-bond donors (Lipinski definition) is 1. The first kappa shape index (κ1) is 53.1. The molecule has 0 heterocycles. The summed E-state index contributed by atoms with van der Waals surface area (Å²) in [6, 6.07) is 11.0. The second-order valence-electron chi connectivity index (χ2n) is 21.2. The molecule has 0 radical (unpaired) electrons. The Hall–Kier alpha value is -1.04. The van der Waals surface area contributed by atoms with E-state index in [2.05, 4.69) is 167 Å². The second-order valence-corrected chi connectivity index (χ2v) is 37.4. The Balaban J connectivity index is 2.79. The number of rotatable bonds is 27. The summed E-state index contributed by atoms with van der Waals surface area (Å²) < 4.78 is 23.6. The topological polar surface area (TPSA) is 65.0 Å². The molecule has 1 fully saturated rings. The first-order valence-corrected chi connectivity index (χ1v) is 30.4. The van der Waals surface area contributed by atoms with E-state index in [1.54, 1.807) is 0 Å². The first-order valence-electron chi connectivity index (χ1n) is 24.0. The minimum atomic E-state index is -2.22. The molecule has 0 saturated heterocycles. The van der Waals surface area contributed by atoms with Crippen LogP contribution in [0.4, 0.5) is 0 Å². The van der Waals surface area contributed by atoms with Gasteiger partial charge < -0.3 is 18.4 Å². The number of carbonyl (C=O) groups is 1. The second kappa shape index (κ2) is 24.0. The maximum atomic E-state index is 11.3. The van der Waals surface area contributed by atoms with Gasteiger partial charge in [0.2, 0.25) is 25.0 Å². The van der Waals surface area contributed by atoms with E-state index in [1.807, 2.05) is 0 Å². The summed E-state index contributed by atoms with van der Waals surface area (Å²) in [6.45, 7) is 43.6.